The van der Waals surface area contributed by atoms with Gasteiger partial charge in [0.25, 0.3) is 0 Å². The highest BCUT2D eigenvalue weighted by molar-refractivity contribution is 6.30. The number of carbonyl (C=O) groups excluding carboxylic acids is 1. The highest BCUT2D eigenvalue weighted by Gasteiger charge is 2.31. The molecule has 24 heavy (non-hydrogen) atoms. The van der Waals surface area contributed by atoms with Crippen molar-refractivity contribution in [3.63, 3.8) is 0 Å². The van der Waals surface area contributed by atoms with Crippen LogP contribution in [0.2, 0.25) is 5.02 Å². The van der Waals surface area contributed by atoms with E-state index in [1.54, 1.807) is 6.08 Å². The Morgan fingerprint density at radius 1 is 0.958 bits per heavy atom. The number of benzene rings is 1. The van der Waals surface area contributed by atoms with Gasteiger partial charge in [-0.25, -0.2) is 0 Å². The van der Waals surface area contributed by atoms with Crippen LogP contribution >= 0.6 is 11.6 Å². The maximum absolute atomic E-state index is 13.0. The van der Waals surface area contributed by atoms with Gasteiger partial charge in [0.15, 0.2) is 0 Å². The van der Waals surface area contributed by atoms with Crippen LogP contribution in [-0.2, 0) is 4.79 Å². The van der Waals surface area contributed by atoms with Gasteiger partial charge in [-0.2, -0.15) is 0 Å². The van der Waals surface area contributed by atoms with E-state index in [0.29, 0.717) is 17.1 Å². The Bertz CT molecular complexity index is 553. The van der Waals surface area contributed by atoms with Crippen molar-refractivity contribution in [1.29, 1.82) is 0 Å². The van der Waals surface area contributed by atoms with Gasteiger partial charge in [0, 0.05) is 23.2 Å². The van der Waals surface area contributed by atoms with E-state index in [1.165, 1.54) is 64.2 Å². The van der Waals surface area contributed by atoms with Gasteiger partial charge >= 0.3 is 0 Å². The predicted molar refractivity (Wildman–Crippen MR) is 101 cm³/mol. The molecule has 3 heteroatoms. The molecule has 3 rings (SSSR count). The fourth-order valence-corrected chi connectivity index (χ4v) is 4.44. The number of carbonyl (C=O) groups is 1. The van der Waals surface area contributed by atoms with Crippen LogP contribution in [-0.4, -0.2) is 22.9 Å². The Balaban J connectivity index is 1.74. The number of amides is 1. The second-order valence-corrected chi connectivity index (χ2v) is 7.65. The second-order valence-electron chi connectivity index (χ2n) is 7.22. The van der Waals surface area contributed by atoms with Crippen LogP contribution in [0, 0.1) is 0 Å². The largest absolute Gasteiger partial charge is 0.333 e. The summed E-state index contributed by atoms with van der Waals surface area (Å²) in [5, 5.41) is 0.709. The zero-order valence-corrected chi connectivity index (χ0v) is 15.2. The molecule has 0 radical (unpaired) electrons. The van der Waals surface area contributed by atoms with Gasteiger partial charge < -0.3 is 4.90 Å². The molecule has 2 saturated carbocycles. The molecule has 0 bridgehead atoms. The van der Waals surface area contributed by atoms with Crippen molar-refractivity contribution in [3.8, 4) is 0 Å². The lowest BCUT2D eigenvalue weighted by atomic mass is 9.88. The van der Waals surface area contributed by atoms with Crippen molar-refractivity contribution in [2.24, 2.45) is 0 Å². The molecule has 2 aliphatic rings. The normalized spacial score (nSPS) is 20.4. The standard InChI is InChI=1S/C21H28ClNO/c22-18-9-7-8-17(16-18)14-15-21(24)23(19-10-3-1-4-11-19)20-12-5-2-6-13-20/h7-9,14-16,19-20H,1-6,10-13H2/b15-14+. The summed E-state index contributed by atoms with van der Waals surface area (Å²) in [7, 11) is 0. The summed E-state index contributed by atoms with van der Waals surface area (Å²) in [6.45, 7) is 0. The quantitative estimate of drug-likeness (QED) is 0.627. The number of nitrogens with zero attached hydrogens (tertiary/aromatic N) is 1. The summed E-state index contributed by atoms with van der Waals surface area (Å²) in [5.41, 5.74) is 0.989. The van der Waals surface area contributed by atoms with Crippen molar-refractivity contribution in [2.75, 3.05) is 0 Å². The van der Waals surface area contributed by atoms with Gasteiger partial charge in [-0.3, -0.25) is 4.79 Å². The smallest absolute Gasteiger partial charge is 0.247 e. The van der Waals surface area contributed by atoms with Crippen LogP contribution in [0.1, 0.15) is 69.8 Å². The first-order chi connectivity index (χ1) is 11.7. The van der Waals surface area contributed by atoms with E-state index < -0.39 is 0 Å². The van der Waals surface area contributed by atoms with Crippen LogP contribution in [0.15, 0.2) is 30.3 Å². The van der Waals surface area contributed by atoms with E-state index in [-0.39, 0.29) is 5.91 Å². The molecule has 1 aromatic rings. The molecule has 0 aromatic heterocycles. The van der Waals surface area contributed by atoms with E-state index in [4.69, 9.17) is 11.6 Å². The van der Waals surface area contributed by atoms with Crippen LogP contribution in [0.3, 0.4) is 0 Å². The lowest BCUT2D eigenvalue weighted by molar-refractivity contribution is -0.132. The third-order valence-electron chi connectivity index (χ3n) is 5.46. The molecular weight excluding hydrogens is 318 g/mol. The number of hydrogen-bond acceptors (Lipinski definition) is 1. The average Bonchev–Trinajstić information content (AvgIpc) is 2.62. The third-order valence-corrected chi connectivity index (χ3v) is 5.69. The first-order valence-corrected chi connectivity index (χ1v) is 9.88. The fraction of sp³-hybridized carbons (Fsp3) is 0.571. The number of rotatable bonds is 4. The maximum Gasteiger partial charge on any atom is 0.247 e. The lowest BCUT2D eigenvalue weighted by Gasteiger charge is -2.41. The minimum atomic E-state index is 0.189. The molecule has 2 fully saturated rings. The number of hydrogen-bond donors (Lipinski definition) is 0. The van der Waals surface area contributed by atoms with Gasteiger partial charge in [0.05, 0.1) is 0 Å². The molecule has 0 saturated heterocycles. The van der Waals surface area contributed by atoms with Gasteiger partial charge in [0.2, 0.25) is 5.91 Å². The minimum Gasteiger partial charge on any atom is -0.333 e. The first-order valence-electron chi connectivity index (χ1n) is 9.50. The van der Waals surface area contributed by atoms with Gasteiger partial charge in [-0.05, 0) is 49.5 Å². The molecule has 130 valence electrons. The topological polar surface area (TPSA) is 20.3 Å². The molecule has 0 unspecified atom stereocenters. The Morgan fingerprint density at radius 2 is 1.54 bits per heavy atom. The monoisotopic (exact) mass is 345 g/mol. The highest BCUT2D eigenvalue weighted by atomic mass is 35.5. The Hall–Kier alpha value is -1.28. The molecule has 0 aliphatic heterocycles. The Morgan fingerprint density at radius 3 is 2.08 bits per heavy atom. The molecule has 0 N–H and O–H groups in total. The average molecular weight is 346 g/mol. The third kappa shape index (κ3) is 4.63. The van der Waals surface area contributed by atoms with Crippen molar-refractivity contribution in [1.82, 2.24) is 4.90 Å². The number of halogens is 1. The fourth-order valence-electron chi connectivity index (χ4n) is 4.24. The molecule has 2 aliphatic carbocycles. The predicted octanol–water partition coefficient (Wildman–Crippen LogP) is 5.85. The molecule has 2 nitrogen and oxygen atoms in total. The van der Waals surface area contributed by atoms with Crippen molar-refractivity contribution >= 4 is 23.6 Å². The SMILES string of the molecule is O=C(/C=C/c1cccc(Cl)c1)N(C1CCCCC1)C1CCCCC1. The summed E-state index contributed by atoms with van der Waals surface area (Å²) < 4.78 is 0. The van der Waals surface area contributed by atoms with Crippen molar-refractivity contribution in [2.45, 2.75) is 76.3 Å². The Labute approximate surface area is 150 Å². The first kappa shape index (κ1) is 17.5. The van der Waals surface area contributed by atoms with E-state index in [2.05, 4.69) is 4.90 Å². The molecular formula is C21H28ClNO. The van der Waals surface area contributed by atoms with E-state index in [1.807, 2.05) is 30.3 Å². The molecule has 1 amide bonds. The highest BCUT2D eigenvalue weighted by Crippen LogP contribution is 2.30. The summed E-state index contributed by atoms with van der Waals surface area (Å²) in [6.07, 6.45) is 16.1. The van der Waals surface area contributed by atoms with Gasteiger partial charge in [-0.1, -0.05) is 62.3 Å². The van der Waals surface area contributed by atoms with Gasteiger partial charge in [-0.15, -0.1) is 0 Å². The van der Waals surface area contributed by atoms with Crippen LogP contribution in [0.5, 0.6) is 0 Å². The van der Waals surface area contributed by atoms with Crippen molar-refractivity contribution < 1.29 is 4.79 Å². The van der Waals surface area contributed by atoms with Crippen molar-refractivity contribution in [3.05, 3.63) is 40.9 Å². The Kier molecular flexibility index (Phi) is 6.37. The summed E-state index contributed by atoms with van der Waals surface area (Å²) in [5.74, 6) is 0.189. The van der Waals surface area contributed by atoms with Crippen LogP contribution in [0.25, 0.3) is 6.08 Å². The lowest BCUT2D eigenvalue weighted by Crippen LogP contribution is -2.48. The van der Waals surface area contributed by atoms with E-state index in [9.17, 15) is 4.79 Å². The van der Waals surface area contributed by atoms with E-state index in [0.717, 1.165) is 5.56 Å². The second kappa shape index (κ2) is 8.71. The van der Waals surface area contributed by atoms with Gasteiger partial charge in [0.1, 0.15) is 0 Å². The molecule has 0 atom stereocenters. The van der Waals surface area contributed by atoms with Crippen LogP contribution < -0.4 is 0 Å². The van der Waals surface area contributed by atoms with E-state index >= 15 is 0 Å². The summed E-state index contributed by atoms with van der Waals surface area (Å²) in [4.78, 5) is 15.2. The summed E-state index contributed by atoms with van der Waals surface area (Å²) in [6, 6.07) is 8.55. The summed E-state index contributed by atoms with van der Waals surface area (Å²) >= 11 is 6.04. The zero-order chi connectivity index (χ0) is 16.8. The molecule has 1 aromatic carbocycles. The maximum atomic E-state index is 13.0. The molecule has 0 heterocycles. The zero-order valence-electron chi connectivity index (χ0n) is 14.4. The molecule has 0 spiro atoms. The van der Waals surface area contributed by atoms with Crippen LogP contribution in [0.4, 0.5) is 0 Å². The minimum absolute atomic E-state index is 0.189.